The van der Waals surface area contributed by atoms with Crippen molar-refractivity contribution in [3.63, 3.8) is 0 Å². The summed E-state index contributed by atoms with van der Waals surface area (Å²) in [7, 11) is 0. The molecule has 25 heavy (non-hydrogen) atoms. The fraction of sp³-hybridized carbons (Fsp3) is 0.278. The SMILES string of the molecule is Nc1ncc(F)c(-c2c[nH]c3cnc(C#CC4(O)CCCC4)cc23)n1. The number of rotatable bonds is 1. The Labute approximate surface area is 143 Å². The van der Waals surface area contributed by atoms with Gasteiger partial charge in [0, 0.05) is 17.1 Å². The molecule has 1 saturated carbocycles. The molecule has 0 aliphatic heterocycles. The zero-order valence-corrected chi connectivity index (χ0v) is 13.4. The molecular weight excluding hydrogens is 321 g/mol. The maximum Gasteiger partial charge on any atom is 0.220 e. The lowest BCUT2D eigenvalue weighted by atomic mass is 10.0. The van der Waals surface area contributed by atoms with Gasteiger partial charge in [-0.3, -0.25) is 0 Å². The summed E-state index contributed by atoms with van der Waals surface area (Å²) in [6, 6.07) is 1.75. The normalized spacial score (nSPS) is 15.9. The van der Waals surface area contributed by atoms with E-state index in [1.807, 2.05) is 0 Å². The number of hydrogen-bond acceptors (Lipinski definition) is 5. The van der Waals surface area contributed by atoms with Crippen LogP contribution in [-0.4, -0.2) is 30.6 Å². The van der Waals surface area contributed by atoms with Gasteiger partial charge in [-0.25, -0.2) is 19.3 Å². The predicted octanol–water partition coefficient (Wildman–Crippen LogP) is 2.40. The molecule has 1 aliphatic carbocycles. The molecule has 4 rings (SSSR count). The first kappa shape index (κ1) is 15.5. The van der Waals surface area contributed by atoms with Gasteiger partial charge >= 0.3 is 0 Å². The van der Waals surface area contributed by atoms with Crippen molar-refractivity contribution in [2.24, 2.45) is 0 Å². The van der Waals surface area contributed by atoms with Crippen molar-refractivity contribution < 1.29 is 9.50 Å². The molecule has 0 aromatic carbocycles. The lowest BCUT2D eigenvalue weighted by Gasteiger charge is -2.12. The van der Waals surface area contributed by atoms with Crippen LogP contribution in [0.25, 0.3) is 22.2 Å². The molecule has 0 atom stereocenters. The molecule has 4 N–H and O–H groups in total. The summed E-state index contributed by atoms with van der Waals surface area (Å²) >= 11 is 0. The number of nitrogens with two attached hydrogens (primary N) is 1. The third-order valence-corrected chi connectivity index (χ3v) is 4.44. The van der Waals surface area contributed by atoms with Crippen molar-refractivity contribution in [3.05, 3.63) is 36.2 Å². The van der Waals surface area contributed by atoms with E-state index in [2.05, 4.69) is 31.8 Å². The minimum atomic E-state index is -0.926. The Balaban J connectivity index is 1.78. The molecular formula is C18H16FN5O. The molecule has 0 saturated heterocycles. The van der Waals surface area contributed by atoms with Crippen LogP contribution in [-0.2, 0) is 0 Å². The number of H-pyrrole nitrogens is 1. The second-order valence-electron chi connectivity index (χ2n) is 6.23. The molecule has 3 heterocycles. The number of nitrogen functional groups attached to an aromatic ring is 1. The number of aromatic amines is 1. The number of anilines is 1. The largest absolute Gasteiger partial charge is 0.378 e. The Morgan fingerprint density at radius 2 is 2.04 bits per heavy atom. The Morgan fingerprint density at radius 1 is 1.24 bits per heavy atom. The molecule has 6 nitrogen and oxygen atoms in total. The number of aliphatic hydroxyl groups is 1. The van der Waals surface area contributed by atoms with Crippen molar-refractivity contribution in [1.82, 2.24) is 19.9 Å². The van der Waals surface area contributed by atoms with Crippen LogP contribution in [0.5, 0.6) is 0 Å². The first-order valence-corrected chi connectivity index (χ1v) is 8.05. The summed E-state index contributed by atoms with van der Waals surface area (Å²) in [4.78, 5) is 15.0. The van der Waals surface area contributed by atoms with Crippen LogP contribution in [0.4, 0.5) is 10.3 Å². The Morgan fingerprint density at radius 3 is 2.84 bits per heavy atom. The number of fused-ring (bicyclic) bond motifs is 1. The minimum Gasteiger partial charge on any atom is -0.378 e. The number of pyridine rings is 1. The number of halogens is 1. The fourth-order valence-corrected chi connectivity index (χ4v) is 3.12. The quantitative estimate of drug-likeness (QED) is 0.592. The lowest BCUT2D eigenvalue weighted by Crippen LogP contribution is -2.20. The van der Waals surface area contributed by atoms with Crippen LogP contribution < -0.4 is 5.73 Å². The zero-order chi connectivity index (χ0) is 17.4. The summed E-state index contributed by atoms with van der Waals surface area (Å²) in [5, 5.41) is 11.1. The van der Waals surface area contributed by atoms with Crippen LogP contribution in [0.3, 0.4) is 0 Å². The van der Waals surface area contributed by atoms with Crippen molar-refractivity contribution in [3.8, 4) is 23.1 Å². The molecule has 0 spiro atoms. The van der Waals surface area contributed by atoms with E-state index in [1.54, 1.807) is 18.5 Å². The molecule has 0 bridgehead atoms. The van der Waals surface area contributed by atoms with Gasteiger partial charge in [0.2, 0.25) is 5.95 Å². The molecule has 0 radical (unpaired) electrons. The van der Waals surface area contributed by atoms with Crippen molar-refractivity contribution in [2.75, 3.05) is 5.73 Å². The van der Waals surface area contributed by atoms with Crippen LogP contribution >= 0.6 is 0 Å². The highest BCUT2D eigenvalue weighted by Crippen LogP contribution is 2.30. The predicted molar refractivity (Wildman–Crippen MR) is 91.8 cm³/mol. The summed E-state index contributed by atoms with van der Waals surface area (Å²) in [5.41, 5.74) is 6.58. The highest BCUT2D eigenvalue weighted by Gasteiger charge is 2.28. The second-order valence-corrected chi connectivity index (χ2v) is 6.23. The Hall–Kier alpha value is -2.98. The summed E-state index contributed by atoms with van der Waals surface area (Å²) in [6.45, 7) is 0. The van der Waals surface area contributed by atoms with Crippen molar-refractivity contribution in [1.29, 1.82) is 0 Å². The van der Waals surface area contributed by atoms with E-state index in [1.165, 1.54) is 0 Å². The van der Waals surface area contributed by atoms with E-state index < -0.39 is 11.4 Å². The molecule has 1 fully saturated rings. The smallest absolute Gasteiger partial charge is 0.220 e. The monoisotopic (exact) mass is 337 g/mol. The van der Waals surface area contributed by atoms with Gasteiger partial charge in [-0.05, 0) is 37.7 Å². The number of nitrogens with one attached hydrogen (secondary N) is 1. The summed E-state index contributed by atoms with van der Waals surface area (Å²) < 4.78 is 14.1. The highest BCUT2D eigenvalue weighted by atomic mass is 19.1. The average Bonchev–Trinajstić information content (AvgIpc) is 3.22. The van der Waals surface area contributed by atoms with Gasteiger partial charge in [0.1, 0.15) is 17.0 Å². The van der Waals surface area contributed by atoms with Gasteiger partial charge in [-0.15, -0.1) is 0 Å². The third kappa shape index (κ3) is 2.92. The minimum absolute atomic E-state index is 0.00303. The van der Waals surface area contributed by atoms with E-state index in [0.29, 0.717) is 24.1 Å². The molecule has 7 heteroatoms. The van der Waals surface area contributed by atoms with E-state index in [0.717, 1.165) is 29.9 Å². The topological polar surface area (TPSA) is 101 Å². The van der Waals surface area contributed by atoms with Crippen LogP contribution in [0.2, 0.25) is 0 Å². The van der Waals surface area contributed by atoms with Crippen molar-refractivity contribution >= 4 is 16.9 Å². The van der Waals surface area contributed by atoms with Crippen LogP contribution in [0, 0.1) is 17.7 Å². The molecule has 3 aromatic heterocycles. The first-order chi connectivity index (χ1) is 12.0. The summed E-state index contributed by atoms with van der Waals surface area (Å²) in [6.07, 6.45) is 7.66. The van der Waals surface area contributed by atoms with E-state index in [-0.39, 0.29) is 11.6 Å². The van der Waals surface area contributed by atoms with Gasteiger partial charge in [0.25, 0.3) is 0 Å². The third-order valence-electron chi connectivity index (χ3n) is 4.44. The Bertz CT molecular complexity index is 1010. The maximum absolute atomic E-state index is 14.1. The zero-order valence-electron chi connectivity index (χ0n) is 13.4. The average molecular weight is 337 g/mol. The lowest BCUT2D eigenvalue weighted by molar-refractivity contribution is 0.110. The number of hydrogen-bond donors (Lipinski definition) is 3. The Kier molecular flexibility index (Phi) is 3.62. The van der Waals surface area contributed by atoms with Gasteiger partial charge in [-0.2, -0.15) is 0 Å². The van der Waals surface area contributed by atoms with Gasteiger partial charge in [-0.1, -0.05) is 5.92 Å². The van der Waals surface area contributed by atoms with Gasteiger partial charge < -0.3 is 15.8 Å². The number of aromatic nitrogens is 4. The standard InChI is InChI=1S/C18H16FN5O/c19-14-9-23-17(20)24-16(14)13-8-22-15-10-21-11(7-12(13)15)3-6-18(25)4-1-2-5-18/h7-10,22,25H,1-2,4-5H2,(H2,20,23,24). The molecule has 1 aliphatic rings. The molecule has 0 amide bonds. The second kappa shape index (κ2) is 5.83. The van der Waals surface area contributed by atoms with Gasteiger partial charge in [0.05, 0.1) is 17.9 Å². The van der Waals surface area contributed by atoms with Crippen LogP contribution in [0.1, 0.15) is 31.4 Å². The van der Waals surface area contributed by atoms with Gasteiger partial charge in [0.15, 0.2) is 5.82 Å². The van der Waals surface area contributed by atoms with E-state index >= 15 is 0 Å². The number of nitrogens with zero attached hydrogens (tertiary/aromatic N) is 3. The highest BCUT2D eigenvalue weighted by molar-refractivity contribution is 5.94. The maximum atomic E-state index is 14.1. The van der Waals surface area contributed by atoms with E-state index in [4.69, 9.17) is 5.73 Å². The summed E-state index contributed by atoms with van der Waals surface area (Å²) in [5.74, 6) is 5.31. The van der Waals surface area contributed by atoms with E-state index in [9.17, 15) is 9.50 Å². The first-order valence-electron chi connectivity index (χ1n) is 8.05. The van der Waals surface area contributed by atoms with Crippen LogP contribution in [0.15, 0.2) is 24.7 Å². The fourth-order valence-electron chi connectivity index (χ4n) is 3.12. The molecule has 3 aromatic rings. The molecule has 0 unspecified atom stereocenters. The van der Waals surface area contributed by atoms with Crippen molar-refractivity contribution in [2.45, 2.75) is 31.3 Å². The molecule has 126 valence electrons.